The summed E-state index contributed by atoms with van der Waals surface area (Å²) < 4.78 is 0. The van der Waals surface area contributed by atoms with E-state index in [4.69, 9.17) is 5.11 Å². The summed E-state index contributed by atoms with van der Waals surface area (Å²) in [5, 5.41) is 18.9. The van der Waals surface area contributed by atoms with Gasteiger partial charge in [0.25, 0.3) is 0 Å². The van der Waals surface area contributed by atoms with Crippen molar-refractivity contribution >= 4 is 5.97 Å². The third-order valence-corrected chi connectivity index (χ3v) is 4.36. The largest absolute Gasteiger partial charge is 0.478 e. The van der Waals surface area contributed by atoms with E-state index in [1.165, 1.54) is 17.2 Å². The van der Waals surface area contributed by atoms with Crippen molar-refractivity contribution in [2.75, 3.05) is 0 Å². The van der Waals surface area contributed by atoms with E-state index in [2.05, 4.69) is 26.8 Å². The van der Waals surface area contributed by atoms with E-state index in [9.17, 15) is 9.90 Å². The lowest BCUT2D eigenvalue weighted by Gasteiger charge is -2.37. The number of rotatable bonds is 5. The van der Waals surface area contributed by atoms with Crippen molar-refractivity contribution in [3.05, 3.63) is 58.7 Å². The Morgan fingerprint density at radius 2 is 1.87 bits per heavy atom. The van der Waals surface area contributed by atoms with Crippen LogP contribution in [0, 0.1) is 5.41 Å². The summed E-state index contributed by atoms with van der Waals surface area (Å²) >= 11 is 0. The average Bonchev–Trinajstić information content (AvgIpc) is 2.42. The van der Waals surface area contributed by atoms with Crippen molar-refractivity contribution in [3.63, 3.8) is 0 Å². The molecule has 0 heterocycles. The molecule has 0 aromatic rings. The van der Waals surface area contributed by atoms with Gasteiger partial charge in [0.15, 0.2) is 0 Å². The Morgan fingerprint density at radius 1 is 1.22 bits per heavy atom. The highest BCUT2D eigenvalue weighted by molar-refractivity contribution is 5.81. The fraction of sp³-hybridized carbons (Fsp3) is 0.450. The summed E-state index contributed by atoms with van der Waals surface area (Å²) in [6.45, 7) is 10.0. The minimum atomic E-state index is -0.937. The first-order valence-electron chi connectivity index (χ1n) is 7.97. The Hall–Kier alpha value is -1.87. The molecule has 1 atom stereocenters. The molecule has 0 aromatic carbocycles. The summed E-state index contributed by atoms with van der Waals surface area (Å²) in [5.74, 6) is -0.937. The van der Waals surface area contributed by atoms with Crippen LogP contribution in [0.15, 0.2) is 58.7 Å². The molecule has 0 radical (unpaired) electrons. The van der Waals surface area contributed by atoms with Gasteiger partial charge in [0.05, 0.1) is 6.10 Å². The highest BCUT2D eigenvalue weighted by Gasteiger charge is 2.34. The quantitative estimate of drug-likeness (QED) is 0.577. The number of carbonyl (C=O) groups is 1. The molecule has 1 unspecified atom stereocenters. The van der Waals surface area contributed by atoms with Gasteiger partial charge in [-0.1, -0.05) is 55.4 Å². The number of allylic oxidation sites excluding steroid dienone is 8. The van der Waals surface area contributed by atoms with Gasteiger partial charge in [0, 0.05) is 11.5 Å². The number of aliphatic hydroxyl groups excluding tert-OH is 1. The molecule has 0 spiro atoms. The number of aliphatic hydroxyl groups is 1. The summed E-state index contributed by atoms with van der Waals surface area (Å²) in [5.41, 5.74) is 4.08. The normalized spacial score (nSPS) is 23.1. The Labute approximate surface area is 139 Å². The predicted octanol–water partition coefficient (Wildman–Crippen LogP) is 4.57. The van der Waals surface area contributed by atoms with E-state index >= 15 is 0 Å². The molecule has 2 N–H and O–H groups in total. The zero-order chi connectivity index (χ0) is 17.6. The van der Waals surface area contributed by atoms with E-state index in [-0.39, 0.29) is 11.5 Å². The monoisotopic (exact) mass is 316 g/mol. The second-order valence-electron chi connectivity index (χ2n) is 6.80. The van der Waals surface area contributed by atoms with Crippen LogP contribution in [-0.2, 0) is 4.79 Å². The van der Waals surface area contributed by atoms with E-state index in [0.29, 0.717) is 5.57 Å². The van der Waals surface area contributed by atoms with Crippen LogP contribution in [0.1, 0.15) is 47.5 Å². The molecule has 3 heteroatoms. The van der Waals surface area contributed by atoms with Crippen LogP contribution in [0.25, 0.3) is 0 Å². The van der Waals surface area contributed by atoms with Gasteiger partial charge in [-0.25, -0.2) is 4.79 Å². The maximum absolute atomic E-state index is 10.5. The van der Waals surface area contributed by atoms with Gasteiger partial charge in [-0.3, -0.25) is 0 Å². The number of carboxylic acid groups (broad SMARTS) is 1. The molecule has 0 amide bonds. The summed E-state index contributed by atoms with van der Waals surface area (Å²) in [4.78, 5) is 10.5. The minimum Gasteiger partial charge on any atom is -0.478 e. The molecular formula is C20H28O3. The molecule has 0 bridgehead atoms. The lowest BCUT2D eigenvalue weighted by molar-refractivity contribution is -0.131. The van der Waals surface area contributed by atoms with Crippen LogP contribution < -0.4 is 0 Å². The Kier molecular flexibility index (Phi) is 6.77. The number of hydrogen-bond donors (Lipinski definition) is 2. The second kappa shape index (κ2) is 8.11. The summed E-state index contributed by atoms with van der Waals surface area (Å²) in [6.07, 6.45) is 12.3. The maximum Gasteiger partial charge on any atom is 0.328 e. The van der Waals surface area contributed by atoms with Gasteiger partial charge in [-0.15, -0.1) is 0 Å². The van der Waals surface area contributed by atoms with Crippen LogP contribution in [0.5, 0.6) is 0 Å². The van der Waals surface area contributed by atoms with Gasteiger partial charge in [0.1, 0.15) is 0 Å². The zero-order valence-corrected chi connectivity index (χ0v) is 14.8. The predicted molar refractivity (Wildman–Crippen MR) is 95.2 cm³/mol. The first-order valence-corrected chi connectivity index (χ1v) is 7.97. The van der Waals surface area contributed by atoms with E-state index in [1.54, 1.807) is 13.0 Å². The number of aliphatic carboxylic acids is 1. The van der Waals surface area contributed by atoms with Gasteiger partial charge in [0.2, 0.25) is 0 Å². The molecule has 23 heavy (non-hydrogen) atoms. The molecule has 0 saturated carbocycles. The van der Waals surface area contributed by atoms with Crippen LogP contribution in [0.4, 0.5) is 0 Å². The second-order valence-corrected chi connectivity index (χ2v) is 6.80. The van der Waals surface area contributed by atoms with Gasteiger partial charge in [-0.2, -0.15) is 0 Å². The zero-order valence-electron chi connectivity index (χ0n) is 14.8. The van der Waals surface area contributed by atoms with Crippen molar-refractivity contribution in [3.8, 4) is 0 Å². The van der Waals surface area contributed by atoms with Crippen LogP contribution in [0.2, 0.25) is 0 Å². The van der Waals surface area contributed by atoms with E-state index < -0.39 is 5.97 Å². The van der Waals surface area contributed by atoms with Crippen LogP contribution >= 0.6 is 0 Å². The maximum atomic E-state index is 10.5. The SMILES string of the molecule is CC1=C(/C=C/C(C)=C/C=C/C(C)=C/C(=O)O)C(C)(C)C(O)CC1. The fourth-order valence-corrected chi connectivity index (χ4v) is 2.80. The lowest BCUT2D eigenvalue weighted by Crippen LogP contribution is -2.34. The van der Waals surface area contributed by atoms with Gasteiger partial charge < -0.3 is 10.2 Å². The van der Waals surface area contributed by atoms with Crippen LogP contribution in [-0.4, -0.2) is 22.3 Å². The van der Waals surface area contributed by atoms with Crippen LogP contribution in [0.3, 0.4) is 0 Å². The topological polar surface area (TPSA) is 57.5 Å². The highest BCUT2D eigenvalue weighted by atomic mass is 16.4. The van der Waals surface area contributed by atoms with Crippen molar-refractivity contribution < 1.29 is 15.0 Å². The Bertz CT molecular complexity index is 598. The molecule has 0 saturated heterocycles. The molecule has 1 aliphatic rings. The smallest absolute Gasteiger partial charge is 0.328 e. The molecule has 1 aliphatic carbocycles. The van der Waals surface area contributed by atoms with Gasteiger partial charge in [-0.05, 0) is 44.8 Å². The first kappa shape index (κ1) is 19.2. The van der Waals surface area contributed by atoms with E-state index in [1.807, 2.05) is 25.2 Å². The third-order valence-electron chi connectivity index (χ3n) is 4.36. The summed E-state index contributed by atoms with van der Waals surface area (Å²) in [7, 11) is 0. The standard InChI is InChI=1S/C20H28O3/c1-14(7-6-8-15(2)13-19(22)23)9-11-17-16(3)10-12-18(21)20(17,4)5/h6-9,11,13,18,21H,10,12H2,1-5H3,(H,22,23)/b8-6+,11-9+,14-7+,15-13+. The molecule has 3 nitrogen and oxygen atoms in total. The number of carboxylic acids is 1. The molecular weight excluding hydrogens is 288 g/mol. The highest BCUT2D eigenvalue weighted by Crippen LogP contribution is 2.41. The summed E-state index contributed by atoms with van der Waals surface area (Å²) in [6, 6.07) is 0. The number of hydrogen-bond acceptors (Lipinski definition) is 2. The van der Waals surface area contributed by atoms with Crippen molar-refractivity contribution in [2.45, 2.75) is 53.6 Å². The minimum absolute atomic E-state index is 0.226. The lowest BCUT2D eigenvalue weighted by atomic mass is 9.70. The molecule has 0 aromatic heterocycles. The van der Waals surface area contributed by atoms with Crippen molar-refractivity contribution in [2.24, 2.45) is 5.41 Å². The molecule has 0 aliphatic heterocycles. The molecule has 0 fully saturated rings. The third kappa shape index (κ3) is 5.68. The average molecular weight is 316 g/mol. The molecule has 126 valence electrons. The van der Waals surface area contributed by atoms with Crippen molar-refractivity contribution in [1.29, 1.82) is 0 Å². The fourth-order valence-electron chi connectivity index (χ4n) is 2.80. The van der Waals surface area contributed by atoms with E-state index in [0.717, 1.165) is 18.4 Å². The van der Waals surface area contributed by atoms with Crippen molar-refractivity contribution in [1.82, 2.24) is 0 Å². The van der Waals surface area contributed by atoms with Gasteiger partial charge >= 0.3 is 5.97 Å². The Morgan fingerprint density at radius 3 is 2.48 bits per heavy atom. The molecule has 1 rings (SSSR count). The first-order chi connectivity index (χ1) is 10.6. The Balaban J connectivity index is 2.85.